The number of aromatic nitrogens is 1. The second-order valence-electron chi connectivity index (χ2n) is 3.45. The van der Waals surface area contributed by atoms with Gasteiger partial charge in [0.2, 0.25) is 0 Å². The Morgan fingerprint density at radius 1 is 1.44 bits per heavy atom. The van der Waals surface area contributed by atoms with Crippen molar-refractivity contribution in [2.75, 3.05) is 11.9 Å². The van der Waals surface area contributed by atoms with Gasteiger partial charge in [0, 0.05) is 29.8 Å². The SMILES string of the molecule is CN(Cc1ccoc1)c1ncc(Br)cc1Br. The first kappa shape index (κ1) is 11.7. The Kier molecular flexibility index (Phi) is 3.66. The van der Waals surface area contributed by atoms with Gasteiger partial charge < -0.3 is 9.32 Å². The van der Waals surface area contributed by atoms with Gasteiger partial charge in [0.05, 0.1) is 17.0 Å². The zero-order valence-corrected chi connectivity index (χ0v) is 11.8. The maximum atomic E-state index is 5.03. The average molecular weight is 346 g/mol. The van der Waals surface area contributed by atoms with E-state index in [4.69, 9.17) is 4.42 Å². The average Bonchev–Trinajstić information content (AvgIpc) is 2.70. The molecule has 3 nitrogen and oxygen atoms in total. The molecule has 84 valence electrons. The standard InChI is InChI=1S/C11H10Br2N2O/c1-15(6-8-2-3-16-7-8)11-10(13)4-9(12)5-14-11/h2-5,7H,6H2,1H3. The van der Waals surface area contributed by atoms with Crippen LogP contribution in [0.2, 0.25) is 0 Å². The molecule has 0 bridgehead atoms. The van der Waals surface area contributed by atoms with Crippen molar-refractivity contribution in [2.45, 2.75) is 6.54 Å². The van der Waals surface area contributed by atoms with Gasteiger partial charge >= 0.3 is 0 Å². The summed E-state index contributed by atoms with van der Waals surface area (Å²) in [6.07, 6.45) is 5.20. The number of nitrogens with zero attached hydrogens (tertiary/aromatic N) is 2. The molecule has 0 amide bonds. The summed E-state index contributed by atoms with van der Waals surface area (Å²) in [4.78, 5) is 6.42. The van der Waals surface area contributed by atoms with Gasteiger partial charge in [-0.05, 0) is 44.0 Å². The third kappa shape index (κ3) is 2.65. The number of hydrogen-bond donors (Lipinski definition) is 0. The molecule has 16 heavy (non-hydrogen) atoms. The molecule has 2 aromatic rings. The topological polar surface area (TPSA) is 29.3 Å². The van der Waals surface area contributed by atoms with Crippen LogP contribution in [0.1, 0.15) is 5.56 Å². The van der Waals surface area contributed by atoms with Crippen molar-refractivity contribution in [1.29, 1.82) is 0 Å². The van der Waals surface area contributed by atoms with Gasteiger partial charge in [-0.2, -0.15) is 0 Å². The molecule has 0 spiro atoms. The highest BCUT2D eigenvalue weighted by Gasteiger charge is 2.08. The van der Waals surface area contributed by atoms with Crippen LogP contribution in [0.4, 0.5) is 5.82 Å². The molecule has 0 atom stereocenters. The van der Waals surface area contributed by atoms with E-state index in [0.717, 1.165) is 26.9 Å². The van der Waals surface area contributed by atoms with E-state index in [2.05, 4.69) is 41.7 Å². The number of halogens is 2. The fourth-order valence-electron chi connectivity index (χ4n) is 1.42. The van der Waals surface area contributed by atoms with Gasteiger partial charge in [0.1, 0.15) is 5.82 Å². The molecule has 0 saturated heterocycles. The maximum Gasteiger partial charge on any atom is 0.142 e. The van der Waals surface area contributed by atoms with E-state index in [1.54, 1.807) is 18.7 Å². The fourth-order valence-corrected chi connectivity index (χ4v) is 2.71. The van der Waals surface area contributed by atoms with Crippen LogP contribution in [-0.4, -0.2) is 12.0 Å². The van der Waals surface area contributed by atoms with Gasteiger partial charge in [0.25, 0.3) is 0 Å². The third-order valence-corrected chi connectivity index (χ3v) is 3.17. The zero-order chi connectivity index (χ0) is 11.5. The smallest absolute Gasteiger partial charge is 0.142 e. The minimum Gasteiger partial charge on any atom is -0.472 e. The first-order valence-corrected chi connectivity index (χ1v) is 6.28. The molecule has 0 aliphatic carbocycles. The number of rotatable bonds is 3. The van der Waals surface area contributed by atoms with Crippen LogP contribution >= 0.6 is 31.9 Å². The van der Waals surface area contributed by atoms with Gasteiger partial charge in [-0.25, -0.2) is 4.98 Å². The van der Waals surface area contributed by atoms with Crippen LogP contribution in [-0.2, 0) is 6.54 Å². The summed E-state index contributed by atoms with van der Waals surface area (Å²) in [6, 6.07) is 3.93. The molecule has 0 aliphatic rings. The number of furan rings is 1. The molecular weight excluding hydrogens is 336 g/mol. The highest BCUT2D eigenvalue weighted by Crippen LogP contribution is 2.26. The summed E-state index contributed by atoms with van der Waals surface area (Å²) in [5.41, 5.74) is 1.12. The monoisotopic (exact) mass is 344 g/mol. The lowest BCUT2D eigenvalue weighted by molar-refractivity contribution is 0.563. The number of anilines is 1. The van der Waals surface area contributed by atoms with Gasteiger partial charge in [-0.15, -0.1) is 0 Å². The third-order valence-electron chi connectivity index (χ3n) is 2.15. The van der Waals surface area contributed by atoms with Crippen molar-refractivity contribution in [3.63, 3.8) is 0 Å². The van der Waals surface area contributed by atoms with E-state index in [0.29, 0.717) is 0 Å². The predicted octanol–water partition coefficient (Wildman–Crippen LogP) is 3.84. The van der Waals surface area contributed by atoms with Gasteiger partial charge in [0.15, 0.2) is 0 Å². The molecule has 0 fully saturated rings. The second kappa shape index (κ2) is 5.01. The normalized spacial score (nSPS) is 10.4. The number of hydrogen-bond acceptors (Lipinski definition) is 3. The fraction of sp³-hybridized carbons (Fsp3) is 0.182. The van der Waals surface area contributed by atoms with Crippen LogP contribution in [0.15, 0.2) is 44.2 Å². The Hall–Kier alpha value is -0.810. The summed E-state index contributed by atoms with van der Waals surface area (Å²) in [5, 5.41) is 0. The zero-order valence-electron chi connectivity index (χ0n) is 8.65. The van der Waals surface area contributed by atoms with Crippen molar-refractivity contribution in [3.8, 4) is 0 Å². The largest absolute Gasteiger partial charge is 0.472 e. The van der Waals surface area contributed by atoms with E-state index in [-0.39, 0.29) is 0 Å². The van der Waals surface area contributed by atoms with Crippen molar-refractivity contribution in [2.24, 2.45) is 0 Å². The summed E-state index contributed by atoms with van der Waals surface area (Å²) in [6.45, 7) is 0.768. The Labute approximate surface area is 111 Å². The van der Waals surface area contributed by atoms with Crippen molar-refractivity contribution in [1.82, 2.24) is 4.98 Å². The summed E-state index contributed by atoms with van der Waals surface area (Å²) in [5.74, 6) is 0.907. The van der Waals surface area contributed by atoms with Crippen LogP contribution < -0.4 is 4.90 Å². The van der Waals surface area contributed by atoms with E-state index in [1.807, 2.05) is 19.2 Å². The van der Waals surface area contributed by atoms with Gasteiger partial charge in [-0.3, -0.25) is 0 Å². The van der Waals surface area contributed by atoms with E-state index < -0.39 is 0 Å². The predicted molar refractivity (Wildman–Crippen MR) is 70.5 cm³/mol. The molecule has 0 saturated carbocycles. The lowest BCUT2D eigenvalue weighted by atomic mass is 10.3. The molecule has 2 aromatic heterocycles. The maximum absolute atomic E-state index is 5.03. The Bertz CT molecular complexity index is 471. The van der Waals surface area contributed by atoms with E-state index in [9.17, 15) is 0 Å². The van der Waals surface area contributed by atoms with Crippen LogP contribution in [0.3, 0.4) is 0 Å². The highest BCUT2D eigenvalue weighted by molar-refractivity contribution is 9.11. The van der Waals surface area contributed by atoms with Crippen molar-refractivity contribution in [3.05, 3.63) is 45.4 Å². The second-order valence-corrected chi connectivity index (χ2v) is 5.22. The quantitative estimate of drug-likeness (QED) is 0.846. The number of pyridine rings is 1. The van der Waals surface area contributed by atoms with Crippen LogP contribution in [0, 0.1) is 0 Å². The Balaban J connectivity index is 2.17. The lowest BCUT2D eigenvalue weighted by Crippen LogP contribution is -2.17. The molecule has 2 rings (SSSR count). The molecular formula is C11H10Br2N2O. The molecule has 0 aromatic carbocycles. The first-order chi connectivity index (χ1) is 7.66. The molecule has 0 radical (unpaired) electrons. The molecule has 0 unspecified atom stereocenters. The molecule has 5 heteroatoms. The molecule has 0 aliphatic heterocycles. The van der Waals surface area contributed by atoms with Gasteiger partial charge in [-0.1, -0.05) is 0 Å². The summed E-state index contributed by atoms with van der Waals surface area (Å²) in [7, 11) is 1.99. The Morgan fingerprint density at radius 3 is 2.88 bits per heavy atom. The minimum atomic E-state index is 0.768. The van der Waals surface area contributed by atoms with Crippen molar-refractivity contribution < 1.29 is 4.42 Å². The summed E-state index contributed by atoms with van der Waals surface area (Å²) >= 11 is 6.87. The highest BCUT2D eigenvalue weighted by atomic mass is 79.9. The molecule has 0 N–H and O–H groups in total. The van der Waals surface area contributed by atoms with E-state index >= 15 is 0 Å². The summed E-state index contributed by atoms with van der Waals surface area (Å²) < 4.78 is 6.96. The van der Waals surface area contributed by atoms with Crippen LogP contribution in [0.5, 0.6) is 0 Å². The van der Waals surface area contributed by atoms with E-state index in [1.165, 1.54) is 0 Å². The minimum absolute atomic E-state index is 0.768. The Morgan fingerprint density at radius 2 is 2.25 bits per heavy atom. The first-order valence-electron chi connectivity index (χ1n) is 4.70. The lowest BCUT2D eigenvalue weighted by Gasteiger charge is -2.18. The molecule has 2 heterocycles. The van der Waals surface area contributed by atoms with Crippen molar-refractivity contribution >= 4 is 37.7 Å². The van der Waals surface area contributed by atoms with Crippen LogP contribution in [0.25, 0.3) is 0 Å².